The fraction of sp³-hybridized carbons (Fsp3) is 0.343. The molecule has 0 unspecified atom stereocenters. The van der Waals surface area contributed by atoms with Crippen molar-refractivity contribution in [3.8, 4) is 28.6 Å². The van der Waals surface area contributed by atoms with Crippen molar-refractivity contribution in [2.24, 2.45) is 0 Å². The molecular formula is C35H42O5. The van der Waals surface area contributed by atoms with Crippen LogP contribution in [-0.4, -0.2) is 18.3 Å². The van der Waals surface area contributed by atoms with Crippen molar-refractivity contribution >= 4 is 11.0 Å². The van der Waals surface area contributed by atoms with E-state index in [0.717, 1.165) is 31.2 Å². The zero-order chi connectivity index (χ0) is 29.1. The Balaban J connectivity index is 1.92. The predicted octanol–water partition coefficient (Wildman–Crippen LogP) is 9.31. The zero-order valence-electron chi connectivity index (χ0n) is 24.7. The predicted molar refractivity (Wildman–Crippen MR) is 165 cm³/mol. The van der Waals surface area contributed by atoms with Crippen molar-refractivity contribution in [2.45, 2.75) is 67.2 Å². The highest BCUT2D eigenvalue weighted by molar-refractivity contribution is 5.89. The smallest absolute Gasteiger partial charge is 0.204 e. The summed E-state index contributed by atoms with van der Waals surface area (Å²) in [5, 5.41) is 11.3. The van der Waals surface area contributed by atoms with Gasteiger partial charge in [-0.2, -0.15) is 0 Å². The third-order valence-corrected chi connectivity index (χ3v) is 6.48. The van der Waals surface area contributed by atoms with Crippen LogP contribution in [0.5, 0.6) is 17.2 Å². The first kappa shape index (κ1) is 30.6. The number of aromatic hydroxyl groups is 1. The van der Waals surface area contributed by atoms with Crippen LogP contribution in [0.2, 0.25) is 0 Å². The summed E-state index contributed by atoms with van der Waals surface area (Å²) in [4.78, 5) is 13.1. The van der Waals surface area contributed by atoms with Gasteiger partial charge in [-0.3, -0.25) is 4.79 Å². The molecule has 5 nitrogen and oxygen atoms in total. The Morgan fingerprint density at radius 1 is 0.800 bits per heavy atom. The number of hydrogen-bond acceptors (Lipinski definition) is 5. The van der Waals surface area contributed by atoms with Crippen LogP contribution >= 0.6 is 0 Å². The fourth-order valence-corrected chi connectivity index (χ4v) is 4.17. The number of fused-ring (bicyclic) bond motifs is 1. The Labute approximate surface area is 238 Å². The molecular weight excluding hydrogens is 500 g/mol. The van der Waals surface area contributed by atoms with Crippen LogP contribution in [0.3, 0.4) is 0 Å². The van der Waals surface area contributed by atoms with Crippen molar-refractivity contribution in [3.63, 3.8) is 0 Å². The summed E-state index contributed by atoms with van der Waals surface area (Å²) in [6, 6.07) is 12.4. The molecule has 0 radical (unpaired) electrons. The summed E-state index contributed by atoms with van der Waals surface area (Å²) in [5.41, 5.74) is 5.64. The highest BCUT2D eigenvalue weighted by atomic mass is 16.5. The average molecular weight is 543 g/mol. The van der Waals surface area contributed by atoms with Crippen LogP contribution in [0.4, 0.5) is 0 Å². The monoisotopic (exact) mass is 542 g/mol. The van der Waals surface area contributed by atoms with E-state index in [1.165, 1.54) is 28.4 Å². The lowest BCUT2D eigenvalue weighted by atomic mass is 10.1. The maximum absolute atomic E-state index is 13.1. The maximum Gasteiger partial charge on any atom is 0.204 e. The van der Waals surface area contributed by atoms with Gasteiger partial charge in [0.05, 0.1) is 0 Å². The van der Waals surface area contributed by atoms with Gasteiger partial charge in [0.1, 0.15) is 29.9 Å². The van der Waals surface area contributed by atoms with E-state index in [2.05, 4.69) is 53.7 Å². The quantitative estimate of drug-likeness (QED) is 0.218. The third kappa shape index (κ3) is 9.04. The number of rotatable bonds is 13. The Kier molecular flexibility index (Phi) is 11.4. The molecule has 1 heterocycles. The third-order valence-electron chi connectivity index (χ3n) is 6.48. The average Bonchev–Trinajstić information content (AvgIpc) is 2.90. The fourth-order valence-electron chi connectivity index (χ4n) is 4.17. The molecule has 1 N–H and O–H groups in total. The molecule has 0 saturated carbocycles. The summed E-state index contributed by atoms with van der Waals surface area (Å²) in [7, 11) is 0. The van der Waals surface area contributed by atoms with E-state index in [0.29, 0.717) is 18.1 Å². The van der Waals surface area contributed by atoms with Crippen LogP contribution in [0, 0.1) is 0 Å². The number of hydrogen-bond donors (Lipinski definition) is 1. The summed E-state index contributed by atoms with van der Waals surface area (Å²) < 4.78 is 18.2. The highest BCUT2D eigenvalue weighted by Crippen LogP contribution is 2.42. The molecule has 5 heteroatoms. The van der Waals surface area contributed by atoms with E-state index in [-0.39, 0.29) is 34.5 Å². The van der Waals surface area contributed by atoms with Gasteiger partial charge in [0.15, 0.2) is 16.9 Å². The molecule has 212 valence electrons. The van der Waals surface area contributed by atoms with Gasteiger partial charge in [-0.25, -0.2) is 0 Å². The Hall–Kier alpha value is -3.99. The van der Waals surface area contributed by atoms with Gasteiger partial charge < -0.3 is 19.0 Å². The first-order valence-electron chi connectivity index (χ1n) is 13.9. The summed E-state index contributed by atoms with van der Waals surface area (Å²) in [5.74, 6) is 0.598. The second-order valence-corrected chi connectivity index (χ2v) is 10.6. The SMILES string of the molecule is CC(C)=CCC/C(C)=C/COc1cc2oc(-c3ccccc3)cc(=O)c2c(O)c1OC/C=C(\C)CCC=C(C)C. The van der Waals surface area contributed by atoms with Crippen molar-refractivity contribution in [3.05, 3.63) is 99.3 Å². The number of benzene rings is 2. The van der Waals surface area contributed by atoms with Gasteiger partial charge in [-0.15, -0.1) is 0 Å². The van der Waals surface area contributed by atoms with Crippen molar-refractivity contribution in [1.29, 1.82) is 0 Å². The number of allylic oxidation sites excluding steroid dienone is 6. The van der Waals surface area contributed by atoms with Crippen molar-refractivity contribution < 1.29 is 19.0 Å². The normalized spacial score (nSPS) is 11.8. The van der Waals surface area contributed by atoms with E-state index in [9.17, 15) is 9.90 Å². The second kappa shape index (κ2) is 15.0. The summed E-state index contributed by atoms with van der Waals surface area (Å²) in [6.07, 6.45) is 12.2. The largest absolute Gasteiger partial charge is 0.504 e. The minimum Gasteiger partial charge on any atom is -0.504 e. The zero-order valence-corrected chi connectivity index (χ0v) is 24.7. The number of ether oxygens (including phenoxy) is 2. The molecule has 1 aromatic heterocycles. The Bertz CT molecular complexity index is 1460. The molecule has 0 saturated heterocycles. The lowest BCUT2D eigenvalue weighted by Gasteiger charge is -2.15. The van der Waals surface area contributed by atoms with E-state index in [4.69, 9.17) is 13.9 Å². The van der Waals surface area contributed by atoms with Crippen LogP contribution in [0.1, 0.15) is 67.2 Å². The first-order chi connectivity index (χ1) is 19.2. The van der Waals surface area contributed by atoms with Gasteiger partial charge in [0, 0.05) is 17.7 Å². The van der Waals surface area contributed by atoms with Gasteiger partial charge >= 0.3 is 0 Å². The molecule has 0 amide bonds. The number of phenolic OH excluding ortho intramolecular Hbond substituents is 1. The Morgan fingerprint density at radius 3 is 1.95 bits per heavy atom. The highest BCUT2D eigenvalue weighted by Gasteiger charge is 2.20. The lowest BCUT2D eigenvalue weighted by Crippen LogP contribution is -2.05. The molecule has 3 rings (SSSR count). The maximum atomic E-state index is 13.1. The molecule has 0 aliphatic rings. The molecule has 2 aromatic carbocycles. The molecule has 3 aromatic rings. The van der Waals surface area contributed by atoms with Crippen LogP contribution in [-0.2, 0) is 0 Å². The lowest BCUT2D eigenvalue weighted by molar-refractivity contribution is 0.293. The second-order valence-electron chi connectivity index (χ2n) is 10.6. The topological polar surface area (TPSA) is 68.9 Å². The molecule has 0 atom stereocenters. The van der Waals surface area contributed by atoms with E-state index in [1.807, 2.05) is 42.5 Å². The molecule has 0 spiro atoms. The minimum absolute atomic E-state index is 0.0692. The minimum atomic E-state index is -0.350. The standard InChI is InChI=1S/C35H42O5/c1-24(2)12-10-14-26(5)18-20-38-32-23-31-33(29(36)22-30(40-31)28-16-8-7-9-17-28)34(37)35(32)39-21-19-27(6)15-11-13-25(3)4/h7-9,12-13,16-19,22-23,37H,10-11,14-15,20-21H2,1-6H3/b26-18+,27-19+. The van der Waals surface area contributed by atoms with Crippen LogP contribution < -0.4 is 14.9 Å². The molecule has 0 aliphatic heterocycles. The molecule has 0 fully saturated rings. The van der Waals surface area contributed by atoms with E-state index in [1.54, 1.807) is 6.07 Å². The molecule has 0 aliphatic carbocycles. The Morgan fingerprint density at radius 2 is 1.38 bits per heavy atom. The van der Waals surface area contributed by atoms with Crippen LogP contribution in [0.15, 0.2) is 98.3 Å². The number of phenols is 1. The van der Waals surface area contributed by atoms with E-state index < -0.39 is 0 Å². The van der Waals surface area contributed by atoms with Gasteiger partial charge in [-0.1, -0.05) is 64.8 Å². The molecule has 40 heavy (non-hydrogen) atoms. The molecule has 0 bridgehead atoms. The van der Waals surface area contributed by atoms with Gasteiger partial charge in [0.25, 0.3) is 0 Å². The van der Waals surface area contributed by atoms with Crippen LogP contribution in [0.25, 0.3) is 22.3 Å². The van der Waals surface area contributed by atoms with E-state index >= 15 is 0 Å². The van der Waals surface area contributed by atoms with Gasteiger partial charge in [0.2, 0.25) is 5.75 Å². The first-order valence-corrected chi connectivity index (χ1v) is 13.9. The van der Waals surface area contributed by atoms with Crippen molar-refractivity contribution in [2.75, 3.05) is 13.2 Å². The van der Waals surface area contributed by atoms with Crippen molar-refractivity contribution in [1.82, 2.24) is 0 Å². The summed E-state index contributed by atoms with van der Waals surface area (Å²) in [6.45, 7) is 13.0. The summed E-state index contributed by atoms with van der Waals surface area (Å²) >= 11 is 0. The van der Waals surface area contributed by atoms with Gasteiger partial charge in [-0.05, 0) is 79.4 Å².